The van der Waals surface area contributed by atoms with E-state index in [1.165, 1.54) is 4.90 Å². The van der Waals surface area contributed by atoms with Gasteiger partial charge in [-0.2, -0.15) is 0 Å². The molecule has 2 fully saturated rings. The Morgan fingerprint density at radius 1 is 1.21 bits per heavy atom. The predicted octanol–water partition coefficient (Wildman–Crippen LogP) is 2.18. The maximum atomic E-state index is 12.7. The molecule has 0 bridgehead atoms. The Morgan fingerprint density at radius 3 is 2.07 bits per heavy atom. The molecule has 1 saturated heterocycles. The van der Waals surface area contributed by atoms with Crippen LogP contribution in [0.1, 0.15) is 25.7 Å². The van der Waals surface area contributed by atoms with Crippen molar-refractivity contribution < 1.29 is 18.7 Å². The van der Waals surface area contributed by atoms with E-state index in [2.05, 4.69) is 0 Å². The van der Waals surface area contributed by atoms with Gasteiger partial charge in [0.05, 0.1) is 0 Å². The minimum atomic E-state index is -2.49. The Bertz CT molecular complexity index is 250. The van der Waals surface area contributed by atoms with E-state index in [9.17, 15) is 13.6 Å². The fourth-order valence-corrected chi connectivity index (χ4v) is 2.57. The lowest BCUT2D eigenvalue weighted by atomic mass is 9.61. The molecule has 0 atom stereocenters. The van der Waals surface area contributed by atoms with Gasteiger partial charge < -0.3 is 10.0 Å². The summed E-state index contributed by atoms with van der Waals surface area (Å²) in [4.78, 5) is 11.9. The van der Waals surface area contributed by atoms with Crippen molar-refractivity contribution in [2.75, 3.05) is 13.1 Å². The first-order valence-corrected chi connectivity index (χ1v) is 4.78. The molecule has 3 nitrogen and oxygen atoms in total. The zero-order chi connectivity index (χ0) is 10.4. The van der Waals surface area contributed by atoms with Gasteiger partial charge in [0.15, 0.2) is 0 Å². The summed E-state index contributed by atoms with van der Waals surface area (Å²) < 4.78 is 25.4. The lowest BCUT2D eigenvalue weighted by Crippen LogP contribution is -2.53. The van der Waals surface area contributed by atoms with Crippen molar-refractivity contribution in [3.05, 3.63) is 0 Å². The van der Waals surface area contributed by atoms with Crippen molar-refractivity contribution in [3.8, 4) is 0 Å². The monoisotopic (exact) mass is 205 g/mol. The number of carboxylic acid groups (broad SMARTS) is 1. The summed E-state index contributed by atoms with van der Waals surface area (Å²) in [7, 11) is 0. The van der Waals surface area contributed by atoms with E-state index in [4.69, 9.17) is 5.11 Å². The van der Waals surface area contributed by atoms with Gasteiger partial charge in [-0.15, -0.1) is 0 Å². The number of amides is 1. The predicted molar refractivity (Wildman–Crippen MR) is 45.4 cm³/mol. The number of hydrogen-bond donors (Lipinski definition) is 1. The van der Waals surface area contributed by atoms with Gasteiger partial charge in [0.25, 0.3) is 0 Å². The molecule has 0 radical (unpaired) electrons. The van der Waals surface area contributed by atoms with Crippen LogP contribution in [0.15, 0.2) is 0 Å². The molecule has 1 aliphatic carbocycles. The standard InChI is InChI=1S/C9H13F2NO2/c10-9(11)5-8(6-9)1-3-12(4-2-8)7(13)14/h1-6H2,(H,13,14). The molecule has 14 heavy (non-hydrogen) atoms. The third kappa shape index (κ3) is 1.55. The molecule has 1 spiro atoms. The van der Waals surface area contributed by atoms with Crippen LogP contribution in [0.2, 0.25) is 0 Å². The molecule has 1 aliphatic heterocycles. The van der Waals surface area contributed by atoms with Gasteiger partial charge >= 0.3 is 6.09 Å². The average molecular weight is 205 g/mol. The van der Waals surface area contributed by atoms with E-state index in [0.29, 0.717) is 25.9 Å². The van der Waals surface area contributed by atoms with Crippen molar-refractivity contribution in [2.24, 2.45) is 5.41 Å². The van der Waals surface area contributed by atoms with Crippen molar-refractivity contribution in [1.82, 2.24) is 4.90 Å². The normalized spacial score (nSPS) is 28.6. The molecule has 2 rings (SSSR count). The van der Waals surface area contributed by atoms with E-state index >= 15 is 0 Å². The van der Waals surface area contributed by atoms with Crippen LogP contribution in [-0.4, -0.2) is 35.1 Å². The number of halogens is 2. The Balaban J connectivity index is 1.89. The van der Waals surface area contributed by atoms with Crippen LogP contribution in [0.3, 0.4) is 0 Å². The second-order valence-electron chi connectivity index (χ2n) is 4.48. The Hall–Kier alpha value is -0.870. The first-order chi connectivity index (χ1) is 6.43. The fourth-order valence-electron chi connectivity index (χ4n) is 2.57. The van der Waals surface area contributed by atoms with Crippen LogP contribution in [-0.2, 0) is 0 Å². The minimum absolute atomic E-state index is 0.0482. The highest BCUT2D eigenvalue weighted by Crippen LogP contribution is 2.57. The van der Waals surface area contributed by atoms with Gasteiger partial charge in [-0.25, -0.2) is 13.6 Å². The topological polar surface area (TPSA) is 40.5 Å². The molecule has 0 aromatic carbocycles. The molecular formula is C9H13F2NO2. The molecule has 1 saturated carbocycles. The second-order valence-corrected chi connectivity index (χ2v) is 4.48. The molecule has 0 aromatic heterocycles. The SMILES string of the molecule is O=C(O)N1CCC2(CC1)CC(F)(F)C2. The summed E-state index contributed by atoms with van der Waals surface area (Å²) in [5, 5.41) is 8.68. The molecule has 1 heterocycles. The van der Waals surface area contributed by atoms with E-state index in [1.54, 1.807) is 0 Å². The summed E-state index contributed by atoms with van der Waals surface area (Å²) in [6.45, 7) is 0.816. The zero-order valence-electron chi connectivity index (χ0n) is 7.80. The summed E-state index contributed by atoms with van der Waals surface area (Å²) >= 11 is 0. The van der Waals surface area contributed by atoms with Crippen LogP contribution < -0.4 is 0 Å². The third-order valence-electron chi connectivity index (χ3n) is 3.36. The van der Waals surface area contributed by atoms with Gasteiger partial charge in [0.2, 0.25) is 5.92 Å². The number of hydrogen-bond acceptors (Lipinski definition) is 1. The van der Waals surface area contributed by atoms with E-state index < -0.39 is 12.0 Å². The molecule has 5 heteroatoms. The van der Waals surface area contributed by atoms with Gasteiger partial charge in [0.1, 0.15) is 0 Å². The van der Waals surface area contributed by atoms with Crippen molar-refractivity contribution in [1.29, 1.82) is 0 Å². The molecule has 1 N–H and O–H groups in total. The van der Waals surface area contributed by atoms with Crippen molar-refractivity contribution in [3.63, 3.8) is 0 Å². The molecule has 1 amide bonds. The third-order valence-corrected chi connectivity index (χ3v) is 3.36. The fraction of sp³-hybridized carbons (Fsp3) is 0.889. The van der Waals surface area contributed by atoms with Crippen LogP contribution in [0, 0.1) is 5.41 Å². The van der Waals surface area contributed by atoms with Crippen LogP contribution in [0.4, 0.5) is 13.6 Å². The maximum Gasteiger partial charge on any atom is 0.407 e. The maximum absolute atomic E-state index is 12.7. The zero-order valence-corrected chi connectivity index (χ0v) is 7.80. The first kappa shape index (κ1) is 9.68. The highest BCUT2D eigenvalue weighted by atomic mass is 19.3. The lowest BCUT2D eigenvalue weighted by molar-refractivity contribution is -0.175. The average Bonchev–Trinajstić information content (AvgIpc) is 2.01. The largest absolute Gasteiger partial charge is 0.465 e. The smallest absolute Gasteiger partial charge is 0.407 e. The quantitative estimate of drug-likeness (QED) is 0.658. The second kappa shape index (κ2) is 2.81. The van der Waals surface area contributed by atoms with Gasteiger partial charge in [-0.05, 0) is 18.3 Å². The number of rotatable bonds is 0. The van der Waals surface area contributed by atoms with Crippen LogP contribution in [0.25, 0.3) is 0 Å². The Morgan fingerprint density at radius 2 is 1.71 bits per heavy atom. The first-order valence-electron chi connectivity index (χ1n) is 4.78. The molecular weight excluding hydrogens is 192 g/mol. The Kier molecular flexibility index (Phi) is 1.94. The number of alkyl halides is 2. The van der Waals surface area contributed by atoms with Crippen molar-refractivity contribution in [2.45, 2.75) is 31.6 Å². The molecule has 2 aliphatic rings. The number of carbonyl (C=O) groups is 1. The summed E-state index contributed by atoms with van der Waals surface area (Å²) in [6.07, 6.45) is 0.149. The number of nitrogens with zero attached hydrogens (tertiary/aromatic N) is 1. The van der Waals surface area contributed by atoms with Crippen molar-refractivity contribution >= 4 is 6.09 Å². The van der Waals surface area contributed by atoms with Gasteiger partial charge in [-0.3, -0.25) is 0 Å². The van der Waals surface area contributed by atoms with Crippen LogP contribution >= 0.6 is 0 Å². The highest BCUT2D eigenvalue weighted by Gasteiger charge is 2.56. The highest BCUT2D eigenvalue weighted by molar-refractivity contribution is 5.65. The number of likely N-dealkylation sites (tertiary alicyclic amines) is 1. The molecule has 0 aromatic rings. The van der Waals surface area contributed by atoms with E-state index in [0.717, 1.165) is 0 Å². The van der Waals surface area contributed by atoms with Gasteiger partial charge in [0, 0.05) is 25.9 Å². The molecule has 80 valence electrons. The van der Waals surface area contributed by atoms with Gasteiger partial charge in [-0.1, -0.05) is 0 Å². The van der Waals surface area contributed by atoms with E-state index in [1.807, 2.05) is 0 Å². The summed E-state index contributed by atoms with van der Waals surface area (Å²) in [6, 6.07) is 0. The number of piperidine rings is 1. The molecule has 0 unspecified atom stereocenters. The lowest BCUT2D eigenvalue weighted by Gasteiger charge is -2.51. The Labute approximate surface area is 80.7 Å². The van der Waals surface area contributed by atoms with E-state index in [-0.39, 0.29) is 18.3 Å². The van der Waals surface area contributed by atoms with Crippen LogP contribution in [0.5, 0.6) is 0 Å². The minimum Gasteiger partial charge on any atom is -0.465 e. The summed E-state index contributed by atoms with van der Waals surface area (Å²) in [5.74, 6) is -2.49. The summed E-state index contributed by atoms with van der Waals surface area (Å²) in [5.41, 5.74) is -0.255.